The van der Waals surface area contributed by atoms with E-state index in [2.05, 4.69) is 18.2 Å². The third kappa shape index (κ3) is 2.47. The van der Waals surface area contributed by atoms with Crippen molar-refractivity contribution in [3.8, 4) is 0 Å². The van der Waals surface area contributed by atoms with Crippen LogP contribution in [0.4, 0.5) is 0 Å². The van der Waals surface area contributed by atoms with Crippen molar-refractivity contribution < 1.29 is 9.21 Å². The predicted octanol–water partition coefficient (Wildman–Crippen LogP) is 3.63. The zero-order chi connectivity index (χ0) is 12.4. The molecule has 2 rings (SSSR count). The Bertz CT molecular complexity index is 550. The van der Waals surface area contributed by atoms with E-state index < -0.39 is 0 Å². The molecule has 2 nitrogen and oxygen atoms in total. The maximum Gasteiger partial charge on any atom is 0.170 e. The number of aryl methyl sites for hydroxylation is 3. The van der Waals surface area contributed by atoms with Crippen molar-refractivity contribution in [2.75, 3.05) is 0 Å². The van der Waals surface area contributed by atoms with Crippen LogP contribution in [0.15, 0.2) is 34.9 Å². The highest BCUT2D eigenvalue weighted by Crippen LogP contribution is 2.16. The van der Waals surface area contributed by atoms with Crippen LogP contribution in [0.3, 0.4) is 0 Å². The summed E-state index contributed by atoms with van der Waals surface area (Å²) < 4.78 is 5.16. The highest BCUT2D eigenvalue weighted by molar-refractivity contribution is 5.98. The molecular formula is C15H16O2. The molecule has 0 saturated heterocycles. The van der Waals surface area contributed by atoms with Gasteiger partial charge in [-0.05, 0) is 38.0 Å². The van der Waals surface area contributed by atoms with Gasteiger partial charge in [0.2, 0.25) is 0 Å². The molecule has 0 unspecified atom stereocenters. The predicted molar refractivity (Wildman–Crippen MR) is 67.4 cm³/mol. The first-order chi connectivity index (χ1) is 8.08. The third-order valence-electron chi connectivity index (χ3n) is 3.01. The first-order valence-corrected chi connectivity index (χ1v) is 5.71. The van der Waals surface area contributed by atoms with Crippen LogP contribution < -0.4 is 0 Å². The first-order valence-electron chi connectivity index (χ1n) is 5.71. The summed E-state index contributed by atoms with van der Waals surface area (Å²) in [6.07, 6.45) is 2.00. The highest BCUT2D eigenvalue weighted by atomic mass is 16.3. The van der Waals surface area contributed by atoms with E-state index >= 15 is 0 Å². The lowest BCUT2D eigenvalue weighted by molar-refractivity contribution is 0.0991. The Hall–Kier alpha value is -1.83. The first kappa shape index (κ1) is 11.6. The van der Waals surface area contributed by atoms with Gasteiger partial charge in [-0.25, -0.2) is 0 Å². The zero-order valence-electron chi connectivity index (χ0n) is 10.4. The Morgan fingerprint density at radius 1 is 1.18 bits per heavy atom. The number of Topliss-reactive ketones (excluding diaryl/α,β-unsaturated/α-hetero) is 1. The average Bonchev–Trinajstić information content (AvgIpc) is 2.70. The smallest absolute Gasteiger partial charge is 0.170 e. The minimum Gasteiger partial charge on any atom is -0.469 e. The van der Waals surface area contributed by atoms with Gasteiger partial charge in [-0.1, -0.05) is 23.8 Å². The Balaban J connectivity index is 2.24. The van der Waals surface area contributed by atoms with E-state index in [-0.39, 0.29) is 5.78 Å². The SMILES string of the molecule is Cc1ccc(C)c(CC(=O)c2ccoc2C)c1. The largest absolute Gasteiger partial charge is 0.469 e. The molecule has 1 aromatic carbocycles. The van der Waals surface area contributed by atoms with Gasteiger partial charge in [-0.15, -0.1) is 0 Å². The Kier molecular flexibility index (Phi) is 3.14. The second-order valence-electron chi connectivity index (χ2n) is 4.42. The Labute approximate surface area is 101 Å². The maximum absolute atomic E-state index is 12.1. The van der Waals surface area contributed by atoms with Crippen LogP contribution in [0, 0.1) is 20.8 Å². The van der Waals surface area contributed by atoms with Crippen molar-refractivity contribution >= 4 is 5.78 Å². The molecule has 0 N–H and O–H groups in total. The number of carbonyl (C=O) groups is 1. The average molecular weight is 228 g/mol. The van der Waals surface area contributed by atoms with Gasteiger partial charge in [0, 0.05) is 6.42 Å². The fourth-order valence-electron chi connectivity index (χ4n) is 1.93. The highest BCUT2D eigenvalue weighted by Gasteiger charge is 2.13. The van der Waals surface area contributed by atoms with Gasteiger partial charge in [-0.2, -0.15) is 0 Å². The van der Waals surface area contributed by atoms with Crippen LogP contribution in [0.2, 0.25) is 0 Å². The molecule has 0 spiro atoms. The van der Waals surface area contributed by atoms with Crippen LogP contribution in [0.5, 0.6) is 0 Å². The molecule has 0 fully saturated rings. The van der Waals surface area contributed by atoms with Gasteiger partial charge < -0.3 is 4.42 Å². The summed E-state index contributed by atoms with van der Waals surface area (Å²) >= 11 is 0. The molecule has 1 heterocycles. The number of hydrogen-bond acceptors (Lipinski definition) is 2. The molecular weight excluding hydrogens is 212 g/mol. The van der Waals surface area contributed by atoms with E-state index in [0.29, 0.717) is 17.7 Å². The molecule has 0 amide bonds. The maximum atomic E-state index is 12.1. The number of hydrogen-bond donors (Lipinski definition) is 0. The number of furan rings is 1. The van der Waals surface area contributed by atoms with Gasteiger partial charge in [0.25, 0.3) is 0 Å². The molecule has 0 atom stereocenters. The summed E-state index contributed by atoms with van der Waals surface area (Å²) in [4.78, 5) is 12.1. The Morgan fingerprint density at radius 3 is 2.59 bits per heavy atom. The summed E-state index contributed by atoms with van der Waals surface area (Å²) in [5.41, 5.74) is 4.12. The lowest BCUT2D eigenvalue weighted by atomic mass is 9.98. The van der Waals surface area contributed by atoms with E-state index in [1.807, 2.05) is 20.8 Å². The van der Waals surface area contributed by atoms with Gasteiger partial charge in [0.1, 0.15) is 5.76 Å². The van der Waals surface area contributed by atoms with Gasteiger partial charge >= 0.3 is 0 Å². The van der Waals surface area contributed by atoms with E-state index in [9.17, 15) is 4.79 Å². The number of benzene rings is 1. The van der Waals surface area contributed by atoms with E-state index in [4.69, 9.17) is 4.42 Å². The van der Waals surface area contributed by atoms with E-state index in [1.165, 1.54) is 5.56 Å². The van der Waals surface area contributed by atoms with Crippen LogP contribution >= 0.6 is 0 Å². The molecule has 0 saturated carbocycles. The normalized spacial score (nSPS) is 10.5. The van der Waals surface area contributed by atoms with Crippen molar-refractivity contribution in [1.29, 1.82) is 0 Å². The molecule has 0 bridgehead atoms. The van der Waals surface area contributed by atoms with Crippen molar-refractivity contribution in [1.82, 2.24) is 0 Å². The second-order valence-corrected chi connectivity index (χ2v) is 4.42. The minimum atomic E-state index is 0.116. The standard InChI is InChI=1S/C15H16O2/c1-10-4-5-11(2)13(8-10)9-15(16)14-6-7-17-12(14)3/h4-8H,9H2,1-3H3. The van der Waals surface area contributed by atoms with Gasteiger partial charge in [-0.3, -0.25) is 4.79 Å². The molecule has 0 aliphatic rings. The van der Waals surface area contributed by atoms with Gasteiger partial charge in [0.05, 0.1) is 11.8 Å². The van der Waals surface area contributed by atoms with Gasteiger partial charge in [0.15, 0.2) is 5.78 Å². The molecule has 1 aromatic heterocycles. The third-order valence-corrected chi connectivity index (χ3v) is 3.01. The van der Waals surface area contributed by atoms with E-state index in [1.54, 1.807) is 12.3 Å². The van der Waals surface area contributed by atoms with Crippen LogP contribution in [0.25, 0.3) is 0 Å². The monoisotopic (exact) mass is 228 g/mol. The van der Waals surface area contributed by atoms with Crippen LogP contribution in [0.1, 0.15) is 32.8 Å². The van der Waals surface area contributed by atoms with Crippen LogP contribution in [-0.4, -0.2) is 5.78 Å². The lowest BCUT2D eigenvalue weighted by Crippen LogP contribution is -2.05. The summed E-state index contributed by atoms with van der Waals surface area (Å²) in [5, 5.41) is 0. The molecule has 0 radical (unpaired) electrons. The minimum absolute atomic E-state index is 0.116. The molecule has 17 heavy (non-hydrogen) atoms. The van der Waals surface area contributed by atoms with Crippen LogP contribution in [-0.2, 0) is 6.42 Å². The number of ketones is 1. The molecule has 2 heteroatoms. The summed E-state index contributed by atoms with van der Waals surface area (Å²) in [7, 11) is 0. The fraction of sp³-hybridized carbons (Fsp3) is 0.267. The number of rotatable bonds is 3. The summed E-state index contributed by atoms with van der Waals surface area (Å²) in [5.74, 6) is 0.810. The van der Waals surface area contributed by atoms with Crippen molar-refractivity contribution in [2.24, 2.45) is 0 Å². The van der Waals surface area contributed by atoms with E-state index in [0.717, 1.165) is 11.1 Å². The number of carbonyl (C=O) groups excluding carboxylic acids is 1. The zero-order valence-corrected chi connectivity index (χ0v) is 10.4. The van der Waals surface area contributed by atoms with Crippen molar-refractivity contribution in [2.45, 2.75) is 27.2 Å². The quantitative estimate of drug-likeness (QED) is 0.751. The molecule has 2 aromatic rings. The molecule has 88 valence electrons. The Morgan fingerprint density at radius 2 is 1.94 bits per heavy atom. The lowest BCUT2D eigenvalue weighted by Gasteiger charge is -2.06. The summed E-state index contributed by atoms with van der Waals surface area (Å²) in [6, 6.07) is 7.93. The topological polar surface area (TPSA) is 30.2 Å². The van der Waals surface area contributed by atoms with Crippen molar-refractivity contribution in [3.05, 3.63) is 58.5 Å². The van der Waals surface area contributed by atoms with Crippen molar-refractivity contribution in [3.63, 3.8) is 0 Å². The summed E-state index contributed by atoms with van der Waals surface area (Å²) in [6.45, 7) is 5.89. The second kappa shape index (κ2) is 4.58. The molecule has 0 aliphatic heterocycles. The fourth-order valence-corrected chi connectivity index (χ4v) is 1.93. The molecule has 0 aliphatic carbocycles.